The second kappa shape index (κ2) is 7.39. The van der Waals surface area contributed by atoms with Gasteiger partial charge >= 0.3 is 5.97 Å². The second-order valence-corrected chi connectivity index (χ2v) is 4.47. The van der Waals surface area contributed by atoms with E-state index in [4.69, 9.17) is 4.74 Å². The summed E-state index contributed by atoms with van der Waals surface area (Å²) in [5.41, 5.74) is 1.04. The molecule has 1 aromatic rings. The van der Waals surface area contributed by atoms with Crippen molar-refractivity contribution in [1.82, 2.24) is 5.32 Å². The first-order valence-corrected chi connectivity index (χ1v) is 6.19. The van der Waals surface area contributed by atoms with Gasteiger partial charge in [0.2, 0.25) is 0 Å². The Labute approximate surface area is 114 Å². The maximum Gasteiger partial charge on any atom is 0.314 e. The minimum absolute atomic E-state index is 0. The number of methoxy groups -OCH3 is 1. The number of carbonyl (C=O) groups excluding carboxylic acids is 1. The fourth-order valence-corrected chi connectivity index (χ4v) is 2.48. The Balaban J connectivity index is 0.00000162. The van der Waals surface area contributed by atoms with Gasteiger partial charge in [-0.2, -0.15) is 0 Å². The maximum atomic E-state index is 11.9. The molecule has 0 aliphatic carbocycles. The highest BCUT2D eigenvalue weighted by Crippen LogP contribution is 2.26. The first kappa shape index (κ1) is 15.0. The van der Waals surface area contributed by atoms with Gasteiger partial charge in [-0.15, -0.1) is 12.4 Å². The van der Waals surface area contributed by atoms with Crippen LogP contribution in [0.2, 0.25) is 0 Å². The molecule has 0 aromatic heterocycles. The molecule has 1 heterocycles. The Morgan fingerprint density at radius 2 is 2.06 bits per heavy atom. The standard InChI is InChI=1S/C14H19NO2.ClH/c1-17-14(16)13(11-7-3-2-4-8-11)12-9-5-6-10-15-12;/h2-4,7-8,12-13,15H,5-6,9-10H2,1H3;1H/t12?,13-;/m1./s1. The van der Waals surface area contributed by atoms with Crippen LogP contribution >= 0.6 is 12.4 Å². The van der Waals surface area contributed by atoms with Gasteiger partial charge in [0.1, 0.15) is 0 Å². The third kappa shape index (κ3) is 3.47. The van der Waals surface area contributed by atoms with E-state index in [1.54, 1.807) is 0 Å². The quantitative estimate of drug-likeness (QED) is 0.857. The average molecular weight is 270 g/mol. The number of halogens is 1. The Bertz CT molecular complexity index is 363. The van der Waals surface area contributed by atoms with Gasteiger partial charge in [0.15, 0.2) is 0 Å². The van der Waals surface area contributed by atoms with E-state index in [9.17, 15) is 4.79 Å². The third-order valence-electron chi connectivity index (χ3n) is 3.36. The van der Waals surface area contributed by atoms with Gasteiger partial charge in [-0.3, -0.25) is 4.79 Å². The van der Waals surface area contributed by atoms with Crippen LogP contribution in [0.3, 0.4) is 0 Å². The van der Waals surface area contributed by atoms with Gasteiger partial charge in [-0.05, 0) is 24.9 Å². The molecule has 0 saturated carbocycles. The highest BCUT2D eigenvalue weighted by Gasteiger charge is 2.31. The third-order valence-corrected chi connectivity index (χ3v) is 3.36. The monoisotopic (exact) mass is 269 g/mol. The van der Waals surface area contributed by atoms with Gasteiger partial charge in [-0.25, -0.2) is 0 Å². The lowest BCUT2D eigenvalue weighted by Crippen LogP contribution is -2.42. The van der Waals surface area contributed by atoms with Crippen molar-refractivity contribution in [2.45, 2.75) is 31.2 Å². The lowest BCUT2D eigenvalue weighted by molar-refractivity contribution is -0.143. The van der Waals surface area contributed by atoms with E-state index in [0.717, 1.165) is 18.5 Å². The number of benzene rings is 1. The Kier molecular flexibility index (Phi) is 6.16. The van der Waals surface area contributed by atoms with E-state index in [-0.39, 0.29) is 30.3 Å². The summed E-state index contributed by atoms with van der Waals surface area (Å²) in [4.78, 5) is 11.9. The van der Waals surface area contributed by atoms with Gasteiger partial charge in [0, 0.05) is 6.04 Å². The summed E-state index contributed by atoms with van der Waals surface area (Å²) in [6.07, 6.45) is 3.41. The lowest BCUT2D eigenvalue weighted by Gasteiger charge is -2.29. The number of ether oxygens (including phenoxy) is 1. The molecule has 1 saturated heterocycles. The minimum atomic E-state index is -0.179. The first-order valence-electron chi connectivity index (χ1n) is 6.19. The maximum absolute atomic E-state index is 11.9. The van der Waals surface area contributed by atoms with Crippen molar-refractivity contribution >= 4 is 18.4 Å². The summed E-state index contributed by atoms with van der Waals surface area (Å²) >= 11 is 0. The zero-order valence-electron chi connectivity index (χ0n) is 10.6. The zero-order valence-corrected chi connectivity index (χ0v) is 11.4. The van der Waals surface area contributed by atoms with Crippen LogP contribution in [0.1, 0.15) is 30.7 Å². The summed E-state index contributed by atoms with van der Waals surface area (Å²) in [5, 5.41) is 3.43. The predicted molar refractivity (Wildman–Crippen MR) is 74.1 cm³/mol. The molecule has 1 aliphatic heterocycles. The van der Waals surface area contributed by atoms with E-state index in [1.165, 1.54) is 20.0 Å². The van der Waals surface area contributed by atoms with E-state index >= 15 is 0 Å². The smallest absolute Gasteiger partial charge is 0.314 e. The van der Waals surface area contributed by atoms with Crippen LogP contribution in [0.25, 0.3) is 0 Å². The number of carbonyl (C=O) groups is 1. The molecule has 0 bridgehead atoms. The van der Waals surface area contributed by atoms with E-state index in [0.29, 0.717) is 0 Å². The van der Waals surface area contributed by atoms with Crippen molar-refractivity contribution in [3.8, 4) is 0 Å². The van der Waals surface area contributed by atoms with Crippen LogP contribution in [0.5, 0.6) is 0 Å². The van der Waals surface area contributed by atoms with Crippen molar-refractivity contribution in [1.29, 1.82) is 0 Å². The van der Waals surface area contributed by atoms with Crippen LogP contribution in [0.4, 0.5) is 0 Å². The molecule has 1 unspecified atom stereocenters. The van der Waals surface area contributed by atoms with Gasteiger partial charge < -0.3 is 10.1 Å². The molecule has 1 N–H and O–H groups in total. The van der Waals surface area contributed by atoms with Crippen LogP contribution in [0, 0.1) is 0 Å². The fourth-order valence-electron chi connectivity index (χ4n) is 2.48. The number of rotatable bonds is 3. The molecule has 3 nitrogen and oxygen atoms in total. The number of piperidine rings is 1. The van der Waals surface area contributed by atoms with Crippen LogP contribution in [0.15, 0.2) is 30.3 Å². The highest BCUT2D eigenvalue weighted by atomic mass is 35.5. The number of hydrogen-bond acceptors (Lipinski definition) is 3. The van der Waals surface area contributed by atoms with Crippen LogP contribution in [-0.2, 0) is 9.53 Å². The molecular formula is C14H20ClNO2. The molecule has 0 spiro atoms. The van der Waals surface area contributed by atoms with Crippen molar-refractivity contribution in [2.24, 2.45) is 0 Å². The topological polar surface area (TPSA) is 38.3 Å². The first-order chi connectivity index (χ1) is 8.33. The van der Waals surface area contributed by atoms with Gasteiger partial charge in [-0.1, -0.05) is 36.8 Å². The molecule has 0 radical (unpaired) electrons. The largest absolute Gasteiger partial charge is 0.469 e. The molecule has 2 rings (SSSR count). The number of esters is 1. The summed E-state index contributed by atoms with van der Waals surface area (Å²) in [5.74, 6) is -0.322. The summed E-state index contributed by atoms with van der Waals surface area (Å²) in [7, 11) is 1.46. The second-order valence-electron chi connectivity index (χ2n) is 4.47. The van der Waals surface area contributed by atoms with Crippen LogP contribution in [-0.4, -0.2) is 25.7 Å². The van der Waals surface area contributed by atoms with E-state index in [2.05, 4.69) is 5.32 Å². The molecule has 100 valence electrons. The Hall–Kier alpha value is -1.06. The Morgan fingerprint density at radius 3 is 2.61 bits per heavy atom. The lowest BCUT2D eigenvalue weighted by atomic mass is 9.86. The highest BCUT2D eigenvalue weighted by molar-refractivity contribution is 5.85. The summed E-state index contributed by atoms with van der Waals surface area (Å²) < 4.78 is 4.94. The molecule has 2 atom stereocenters. The number of nitrogens with one attached hydrogen (secondary N) is 1. The van der Waals surface area contributed by atoms with E-state index < -0.39 is 0 Å². The fraction of sp³-hybridized carbons (Fsp3) is 0.500. The van der Waals surface area contributed by atoms with Crippen molar-refractivity contribution in [2.75, 3.05) is 13.7 Å². The SMILES string of the molecule is COC(=O)[C@H](c1ccccc1)C1CCCCN1.Cl. The molecule has 18 heavy (non-hydrogen) atoms. The number of hydrogen-bond donors (Lipinski definition) is 1. The molecule has 4 heteroatoms. The Morgan fingerprint density at radius 1 is 1.33 bits per heavy atom. The molecule has 1 aromatic carbocycles. The van der Waals surface area contributed by atoms with Crippen molar-refractivity contribution in [3.63, 3.8) is 0 Å². The van der Waals surface area contributed by atoms with Gasteiger partial charge in [0.05, 0.1) is 13.0 Å². The van der Waals surface area contributed by atoms with Crippen molar-refractivity contribution < 1.29 is 9.53 Å². The normalized spacial score (nSPS) is 20.6. The molecule has 1 fully saturated rings. The predicted octanol–water partition coefficient (Wildman–Crippen LogP) is 2.51. The summed E-state index contributed by atoms with van der Waals surface area (Å²) in [6.45, 7) is 0.991. The van der Waals surface area contributed by atoms with Gasteiger partial charge in [0.25, 0.3) is 0 Å². The van der Waals surface area contributed by atoms with Crippen LogP contribution < -0.4 is 5.32 Å². The molecule has 1 aliphatic rings. The molecule has 0 amide bonds. The van der Waals surface area contributed by atoms with Crippen molar-refractivity contribution in [3.05, 3.63) is 35.9 Å². The zero-order chi connectivity index (χ0) is 12.1. The molecular weight excluding hydrogens is 250 g/mol. The minimum Gasteiger partial charge on any atom is -0.469 e. The average Bonchev–Trinajstić information content (AvgIpc) is 2.41. The van der Waals surface area contributed by atoms with E-state index in [1.807, 2.05) is 30.3 Å². The summed E-state index contributed by atoms with van der Waals surface area (Å²) in [6, 6.07) is 10.1.